The molecule has 8 nitrogen and oxygen atoms in total. The summed E-state index contributed by atoms with van der Waals surface area (Å²) in [5, 5.41) is 23.0. The fourth-order valence-corrected chi connectivity index (χ4v) is 1.86. The maximum atomic E-state index is 10.8. The molecule has 0 aliphatic carbocycles. The van der Waals surface area contributed by atoms with Gasteiger partial charge < -0.3 is 9.84 Å². The number of hydrazone groups is 1. The number of halogens is 1. The number of nitrogens with one attached hydrogen (secondary N) is 1. The Hall–Kier alpha value is -2.97. The fourth-order valence-electron chi connectivity index (χ4n) is 1.65. The Labute approximate surface area is 141 Å². The number of rotatable bonds is 6. The maximum Gasteiger partial charge on any atom is 0.271 e. The molecule has 24 heavy (non-hydrogen) atoms. The lowest BCUT2D eigenvalue weighted by Crippen LogP contribution is -2.20. The SMILES string of the molecule is O=C(CO)N/N=C/c1ccc(Oc2ccc([N+](=O)[O-])cc2Cl)cc1. The van der Waals surface area contributed by atoms with Gasteiger partial charge in [0.25, 0.3) is 11.6 Å². The van der Waals surface area contributed by atoms with Gasteiger partial charge in [-0.1, -0.05) is 11.6 Å². The molecule has 0 atom stereocenters. The van der Waals surface area contributed by atoms with E-state index in [9.17, 15) is 14.9 Å². The van der Waals surface area contributed by atoms with Crippen molar-refractivity contribution >= 4 is 29.4 Å². The highest BCUT2D eigenvalue weighted by atomic mass is 35.5. The highest BCUT2D eigenvalue weighted by Gasteiger charge is 2.10. The van der Waals surface area contributed by atoms with Gasteiger partial charge in [0, 0.05) is 12.1 Å². The van der Waals surface area contributed by atoms with Crippen molar-refractivity contribution < 1.29 is 19.6 Å². The Balaban J connectivity index is 2.04. The van der Waals surface area contributed by atoms with E-state index in [0.29, 0.717) is 17.1 Å². The number of nitro benzene ring substituents is 1. The van der Waals surface area contributed by atoms with Crippen molar-refractivity contribution in [3.8, 4) is 11.5 Å². The number of non-ortho nitro benzene ring substituents is 1. The van der Waals surface area contributed by atoms with Crippen molar-refractivity contribution in [2.75, 3.05) is 6.61 Å². The lowest BCUT2D eigenvalue weighted by Gasteiger charge is -2.07. The molecule has 0 fully saturated rings. The second-order valence-corrected chi connectivity index (χ2v) is 4.90. The predicted octanol–water partition coefficient (Wildman–Crippen LogP) is 2.48. The van der Waals surface area contributed by atoms with Crippen LogP contribution in [-0.2, 0) is 4.79 Å². The second-order valence-electron chi connectivity index (χ2n) is 4.49. The van der Waals surface area contributed by atoms with E-state index >= 15 is 0 Å². The molecule has 0 unspecified atom stereocenters. The Kier molecular flexibility index (Phi) is 5.83. The molecule has 0 aliphatic rings. The molecule has 2 rings (SSSR count). The topological polar surface area (TPSA) is 114 Å². The second kappa shape index (κ2) is 8.04. The third-order valence-electron chi connectivity index (χ3n) is 2.78. The molecule has 1 amide bonds. The largest absolute Gasteiger partial charge is 0.456 e. The van der Waals surface area contributed by atoms with E-state index in [1.54, 1.807) is 24.3 Å². The molecule has 0 bridgehead atoms. The maximum absolute atomic E-state index is 10.8. The Morgan fingerprint density at radius 2 is 2.04 bits per heavy atom. The van der Waals surface area contributed by atoms with Gasteiger partial charge in [0.15, 0.2) is 0 Å². The number of aliphatic hydroxyl groups is 1. The highest BCUT2D eigenvalue weighted by molar-refractivity contribution is 6.32. The lowest BCUT2D eigenvalue weighted by atomic mass is 10.2. The van der Waals surface area contributed by atoms with Crippen LogP contribution in [-0.4, -0.2) is 28.8 Å². The lowest BCUT2D eigenvalue weighted by molar-refractivity contribution is -0.384. The summed E-state index contributed by atoms with van der Waals surface area (Å²) in [6, 6.07) is 10.6. The van der Waals surface area contributed by atoms with Crippen LogP contribution < -0.4 is 10.2 Å². The van der Waals surface area contributed by atoms with Crippen molar-refractivity contribution in [1.29, 1.82) is 0 Å². The minimum absolute atomic E-state index is 0.121. The van der Waals surface area contributed by atoms with Crippen LogP contribution in [0.4, 0.5) is 5.69 Å². The van der Waals surface area contributed by atoms with Crippen LogP contribution in [0.2, 0.25) is 5.02 Å². The minimum atomic E-state index is -0.639. The summed E-state index contributed by atoms with van der Waals surface area (Å²) >= 11 is 5.96. The molecule has 0 heterocycles. The Bertz CT molecular complexity index is 777. The zero-order chi connectivity index (χ0) is 17.5. The number of hydrogen-bond acceptors (Lipinski definition) is 6. The van der Waals surface area contributed by atoms with Crippen LogP contribution in [0, 0.1) is 10.1 Å². The van der Waals surface area contributed by atoms with Crippen LogP contribution in [0.5, 0.6) is 11.5 Å². The van der Waals surface area contributed by atoms with Crippen molar-refractivity contribution in [1.82, 2.24) is 5.43 Å². The quantitative estimate of drug-likeness (QED) is 0.472. The molecule has 0 aromatic heterocycles. The molecule has 124 valence electrons. The number of carbonyl (C=O) groups is 1. The van der Waals surface area contributed by atoms with Gasteiger partial charge in [-0.2, -0.15) is 5.10 Å². The number of aliphatic hydroxyl groups excluding tert-OH is 1. The molecule has 2 aromatic carbocycles. The standard InChI is InChI=1S/C15H12ClN3O5/c16-13-7-11(19(22)23)3-6-14(13)24-12-4-1-10(2-5-12)8-17-18-15(21)9-20/h1-8,20H,9H2,(H,18,21)/b17-8+. The summed E-state index contributed by atoms with van der Waals surface area (Å²) in [6.45, 7) is -0.639. The van der Waals surface area contributed by atoms with Crippen molar-refractivity contribution in [2.24, 2.45) is 5.10 Å². The Morgan fingerprint density at radius 1 is 1.33 bits per heavy atom. The van der Waals surface area contributed by atoms with Gasteiger partial charge in [0.05, 0.1) is 16.2 Å². The summed E-state index contributed by atoms with van der Waals surface area (Å²) in [4.78, 5) is 20.9. The summed E-state index contributed by atoms with van der Waals surface area (Å²) < 4.78 is 5.56. The first-order chi connectivity index (χ1) is 11.5. The number of hydrogen-bond donors (Lipinski definition) is 2. The summed E-state index contributed by atoms with van der Waals surface area (Å²) in [5.41, 5.74) is 2.70. The number of nitro groups is 1. The molecule has 0 spiro atoms. The molecule has 0 radical (unpaired) electrons. The number of amides is 1. The summed E-state index contributed by atoms with van der Waals surface area (Å²) in [5.74, 6) is 0.153. The first-order valence-corrected chi connectivity index (χ1v) is 7.02. The number of nitrogens with zero attached hydrogens (tertiary/aromatic N) is 2. The van der Waals surface area contributed by atoms with Crippen molar-refractivity contribution in [2.45, 2.75) is 0 Å². The third kappa shape index (κ3) is 4.77. The zero-order valence-corrected chi connectivity index (χ0v) is 12.9. The summed E-state index contributed by atoms with van der Waals surface area (Å²) in [7, 11) is 0. The van der Waals surface area contributed by atoms with Gasteiger partial charge in [-0.15, -0.1) is 0 Å². The average molecular weight is 350 g/mol. The van der Waals surface area contributed by atoms with Crippen molar-refractivity contribution in [3.05, 3.63) is 63.2 Å². The van der Waals surface area contributed by atoms with Gasteiger partial charge in [0.2, 0.25) is 0 Å². The summed E-state index contributed by atoms with van der Waals surface area (Å²) in [6.07, 6.45) is 1.40. The monoisotopic (exact) mass is 349 g/mol. The van der Waals surface area contributed by atoms with Crippen LogP contribution in [0.1, 0.15) is 5.56 Å². The molecule has 2 N–H and O–H groups in total. The van der Waals surface area contributed by atoms with Gasteiger partial charge >= 0.3 is 0 Å². The third-order valence-corrected chi connectivity index (χ3v) is 3.08. The van der Waals surface area contributed by atoms with E-state index in [1.165, 1.54) is 24.4 Å². The van der Waals surface area contributed by atoms with Gasteiger partial charge in [-0.05, 0) is 35.9 Å². The minimum Gasteiger partial charge on any atom is -0.456 e. The smallest absolute Gasteiger partial charge is 0.271 e. The van der Waals surface area contributed by atoms with Crippen molar-refractivity contribution in [3.63, 3.8) is 0 Å². The zero-order valence-electron chi connectivity index (χ0n) is 12.2. The molecule has 0 aliphatic heterocycles. The first-order valence-electron chi connectivity index (χ1n) is 6.64. The first kappa shape index (κ1) is 17.4. The van der Waals surface area contributed by atoms with E-state index in [0.717, 1.165) is 0 Å². The van der Waals surface area contributed by atoms with E-state index in [2.05, 4.69) is 10.5 Å². The van der Waals surface area contributed by atoms with Gasteiger partial charge in [0.1, 0.15) is 18.1 Å². The highest BCUT2D eigenvalue weighted by Crippen LogP contribution is 2.32. The van der Waals surface area contributed by atoms with Gasteiger partial charge in [-0.25, -0.2) is 5.43 Å². The van der Waals surface area contributed by atoms with Crippen LogP contribution in [0.25, 0.3) is 0 Å². The van der Waals surface area contributed by atoms with Crippen LogP contribution in [0.15, 0.2) is 47.6 Å². The van der Waals surface area contributed by atoms with E-state index < -0.39 is 17.4 Å². The van der Waals surface area contributed by atoms with E-state index in [4.69, 9.17) is 21.4 Å². The average Bonchev–Trinajstić information content (AvgIpc) is 2.57. The number of carbonyl (C=O) groups excluding carboxylic acids is 1. The fraction of sp³-hybridized carbons (Fsp3) is 0.0667. The van der Waals surface area contributed by atoms with Gasteiger partial charge in [-0.3, -0.25) is 14.9 Å². The number of benzene rings is 2. The molecule has 2 aromatic rings. The molecular formula is C15H12ClN3O5. The molecule has 9 heteroatoms. The van der Waals surface area contributed by atoms with E-state index in [-0.39, 0.29) is 10.7 Å². The van der Waals surface area contributed by atoms with E-state index in [1.807, 2.05) is 0 Å². The molecule has 0 saturated carbocycles. The number of ether oxygens (including phenoxy) is 1. The predicted molar refractivity (Wildman–Crippen MR) is 87.4 cm³/mol. The van der Waals surface area contributed by atoms with Crippen LogP contribution in [0.3, 0.4) is 0 Å². The normalized spacial score (nSPS) is 10.6. The Morgan fingerprint density at radius 3 is 2.62 bits per heavy atom. The van der Waals surface area contributed by atoms with Crippen LogP contribution >= 0.6 is 11.6 Å². The molecule has 0 saturated heterocycles. The molecular weight excluding hydrogens is 338 g/mol.